The maximum atomic E-state index is 3.70. The van der Waals surface area contributed by atoms with Crippen LogP contribution in [0, 0.1) is 0 Å². The van der Waals surface area contributed by atoms with E-state index in [2.05, 4.69) is 36.4 Å². The van der Waals surface area contributed by atoms with Gasteiger partial charge < -0.3 is 0 Å². The summed E-state index contributed by atoms with van der Waals surface area (Å²) in [4.78, 5) is 0. The second-order valence-corrected chi connectivity index (χ2v) is 2.74. The monoisotopic (exact) mass is 126 g/mol. The van der Waals surface area contributed by atoms with Crippen molar-refractivity contribution in [2.45, 2.75) is 19.3 Å². The van der Waals surface area contributed by atoms with Gasteiger partial charge in [-0.3, -0.25) is 0 Å². The van der Waals surface area contributed by atoms with Gasteiger partial charge in [0.2, 0.25) is 0 Å². The Kier molecular flexibility index (Phi) is 3.06. The Labute approximate surface area is 71.9 Å². The van der Waals surface area contributed by atoms with Gasteiger partial charge in [0.05, 0.1) is 0 Å². The van der Waals surface area contributed by atoms with E-state index in [-0.39, 0.29) is 0 Å². The second-order valence-electron chi connectivity index (χ2n) is 2.74. The number of hydrogen-bond acceptors (Lipinski definition) is 0. The van der Waals surface area contributed by atoms with Gasteiger partial charge in [-0.05, 0) is 0 Å². The minimum atomic E-state index is 1.11. The predicted octanol–water partition coefficient (Wildman–Crippen LogP) is 2.34. The summed E-state index contributed by atoms with van der Waals surface area (Å²) in [5.74, 6) is 0. The van der Waals surface area contributed by atoms with Crippen molar-refractivity contribution in [2.75, 3.05) is 0 Å². The Balaban J connectivity index is 2.45. The molecule has 0 aromatic rings. The molecule has 0 unspecified atom stereocenters. The predicted molar refractivity (Wildman–Crippen MR) is 46.0 cm³/mol. The van der Waals surface area contributed by atoms with Gasteiger partial charge in [-0.25, -0.2) is 0 Å². The van der Waals surface area contributed by atoms with Crippen LogP contribution in [0.15, 0.2) is 34.6 Å². The normalized spacial score (nSPS) is 16.6. The van der Waals surface area contributed by atoms with E-state index < -0.39 is 0 Å². The quantitative estimate of drug-likeness (QED) is 0.402. The number of rotatable bonds is 3. The van der Waals surface area contributed by atoms with Gasteiger partial charge in [-0.2, -0.15) is 0 Å². The van der Waals surface area contributed by atoms with E-state index in [1.54, 1.807) is 0 Å². The van der Waals surface area contributed by atoms with Crippen molar-refractivity contribution in [3.05, 3.63) is 34.6 Å². The standard InChI is InChI=1S/C9H11.Li/c1-2-3-6-9-7-4-5-8-9;/h2,4,7H,1,3,5-6H2;. The summed E-state index contributed by atoms with van der Waals surface area (Å²) in [6, 6.07) is 0. The van der Waals surface area contributed by atoms with E-state index >= 15 is 0 Å². The molecule has 0 bridgehead atoms. The average molecular weight is 126 g/mol. The molecule has 0 aliphatic heterocycles. The average Bonchev–Trinajstić information content (AvgIpc) is 2.31. The van der Waals surface area contributed by atoms with Gasteiger partial charge in [0, 0.05) is 0 Å². The first-order valence-electron chi connectivity index (χ1n) is 3.80. The van der Waals surface area contributed by atoms with Gasteiger partial charge in [-0.1, -0.05) is 0 Å². The van der Waals surface area contributed by atoms with Crippen molar-refractivity contribution in [1.29, 1.82) is 0 Å². The molecule has 0 saturated heterocycles. The molecule has 0 radical (unpaired) electrons. The van der Waals surface area contributed by atoms with Crippen molar-refractivity contribution in [3.8, 4) is 0 Å². The van der Waals surface area contributed by atoms with E-state index in [1.807, 2.05) is 6.08 Å². The van der Waals surface area contributed by atoms with Gasteiger partial charge >= 0.3 is 71.6 Å². The first-order chi connectivity index (χ1) is 4.84. The Morgan fingerprint density at radius 3 is 3.00 bits per heavy atom. The summed E-state index contributed by atoms with van der Waals surface area (Å²) >= 11 is 2.21. The third-order valence-electron chi connectivity index (χ3n) is 1.91. The molecule has 0 aromatic carbocycles. The molecule has 1 heteroatoms. The van der Waals surface area contributed by atoms with E-state index in [0.29, 0.717) is 0 Å². The number of hydrogen-bond donors (Lipinski definition) is 0. The molecule has 0 saturated carbocycles. The molecule has 0 aromatic heterocycles. The zero-order valence-corrected chi connectivity index (χ0v) is 6.56. The van der Waals surface area contributed by atoms with Crippen LogP contribution < -0.4 is 0 Å². The van der Waals surface area contributed by atoms with E-state index in [1.165, 1.54) is 16.2 Å². The van der Waals surface area contributed by atoms with Crippen LogP contribution in [0.1, 0.15) is 19.3 Å². The molecular formula is C9H11Li. The third-order valence-corrected chi connectivity index (χ3v) is 1.91. The summed E-state index contributed by atoms with van der Waals surface area (Å²) in [5, 5.41) is 0. The Bertz CT molecular complexity index is 187. The molecule has 0 N–H and O–H groups in total. The zero-order valence-electron chi connectivity index (χ0n) is 6.56. The van der Waals surface area contributed by atoms with Gasteiger partial charge in [-0.15, -0.1) is 0 Å². The fraction of sp³-hybridized carbons (Fsp3) is 0.333. The van der Waals surface area contributed by atoms with Crippen LogP contribution in [0.25, 0.3) is 0 Å². The molecule has 0 heterocycles. The molecule has 0 spiro atoms. The van der Waals surface area contributed by atoms with E-state index in [4.69, 9.17) is 0 Å². The Morgan fingerprint density at radius 2 is 2.50 bits per heavy atom. The fourth-order valence-electron chi connectivity index (χ4n) is 1.21. The Morgan fingerprint density at radius 1 is 1.70 bits per heavy atom. The summed E-state index contributed by atoms with van der Waals surface area (Å²) in [7, 11) is 0. The molecule has 10 heavy (non-hydrogen) atoms. The SMILES string of the molecule is [Li][C]1=C(CCC=C)C=CC1. The molecule has 0 atom stereocenters. The van der Waals surface area contributed by atoms with E-state index in [9.17, 15) is 0 Å². The summed E-state index contributed by atoms with van der Waals surface area (Å²) < 4.78 is 1.53. The summed E-state index contributed by atoms with van der Waals surface area (Å²) in [5.41, 5.74) is 1.51. The van der Waals surface area contributed by atoms with Crippen LogP contribution in [0.4, 0.5) is 0 Å². The van der Waals surface area contributed by atoms with Crippen LogP contribution in [0.3, 0.4) is 0 Å². The van der Waals surface area contributed by atoms with Crippen LogP contribution in [0.5, 0.6) is 0 Å². The molecule has 48 valence electrons. The second kappa shape index (κ2) is 3.86. The molecular weight excluding hydrogens is 115 g/mol. The van der Waals surface area contributed by atoms with E-state index in [0.717, 1.165) is 12.8 Å². The van der Waals surface area contributed by atoms with Crippen molar-refractivity contribution >= 4 is 17.7 Å². The topological polar surface area (TPSA) is 0 Å². The molecule has 1 aliphatic rings. The number of allylic oxidation sites excluding steroid dienone is 5. The first kappa shape index (κ1) is 7.92. The maximum absolute atomic E-state index is 3.70. The van der Waals surface area contributed by atoms with Crippen LogP contribution in [-0.2, 0) is 0 Å². The third kappa shape index (κ3) is 1.90. The zero-order chi connectivity index (χ0) is 7.40. The van der Waals surface area contributed by atoms with Crippen molar-refractivity contribution < 1.29 is 0 Å². The van der Waals surface area contributed by atoms with Gasteiger partial charge in [0.15, 0.2) is 0 Å². The molecule has 0 fully saturated rings. The van der Waals surface area contributed by atoms with Crippen molar-refractivity contribution in [1.82, 2.24) is 0 Å². The molecule has 1 rings (SSSR count). The fourth-order valence-corrected chi connectivity index (χ4v) is 1.21. The summed E-state index contributed by atoms with van der Waals surface area (Å²) in [6.45, 7) is 3.70. The molecule has 0 amide bonds. The van der Waals surface area contributed by atoms with Gasteiger partial charge in [0.25, 0.3) is 0 Å². The van der Waals surface area contributed by atoms with Crippen LogP contribution in [0.2, 0.25) is 0 Å². The van der Waals surface area contributed by atoms with Crippen molar-refractivity contribution in [3.63, 3.8) is 0 Å². The summed E-state index contributed by atoms with van der Waals surface area (Å²) in [6.07, 6.45) is 9.88. The van der Waals surface area contributed by atoms with Gasteiger partial charge in [0.1, 0.15) is 0 Å². The molecule has 0 nitrogen and oxygen atoms in total. The van der Waals surface area contributed by atoms with Crippen LogP contribution >= 0.6 is 0 Å². The van der Waals surface area contributed by atoms with Crippen LogP contribution in [-0.4, -0.2) is 17.7 Å². The Hall–Kier alpha value is -0.183. The molecule has 1 aliphatic carbocycles. The first-order valence-corrected chi connectivity index (χ1v) is 3.80. The minimum absolute atomic E-state index is 1.11. The van der Waals surface area contributed by atoms with Crippen molar-refractivity contribution in [2.24, 2.45) is 0 Å².